The maximum atomic E-state index is 11.1. The molecule has 0 fully saturated rings. The summed E-state index contributed by atoms with van der Waals surface area (Å²) in [5.74, 6) is 0. The van der Waals surface area contributed by atoms with Gasteiger partial charge in [0.05, 0.1) is 10.5 Å². The topological polar surface area (TPSA) is 87.2 Å². The van der Waals surface area contributed by atoms with E-state index in [9.17, 15) is 9.32 Å². The first-order valence-electron chi connectivity index (χ1n) is 4.11. The van der Waals surface area contributed by atoms with E-state index in [-0.39, 0.29) is 4.90 Å². The van der Waals surface area contributed by atoms with Crippen molar-refractivity contribution < 1.29 is 9.32 Å². The van der Waals surface area contributed by atoms with E-state index in [0.717, 1.165) is 0 Å². The monoisotopic (exact) mass is 214 g/mol. The van der Waals surface area contributed by atoms with E-state index < -0.39 is 15.5 Å². The first-order valence-corrected chi connectivity index (χ1v) is 5.73. The molecule has 1 atom stereocenters. The van der Waals surface area contributed by atoms with Crippen molar-refractivity contribution in [2.45, 2.75) is 24.3 Å². The van der Waals surface area contributed by atoms with Gasteiger partial charge in [-0.05, 0) is 31.5 Å². The Hall–Kier alpha value is -0.910. The second-order valence-electron chi connectivity index (χ2n) is 3.68. The van der Waals surface area contributed by atoms with Gasteiger partial charge in [-0.15, -0.1) is 0 Å². The lowest BCUT2D eigenvalue weighted by Gasteiger charge is -2.17. The summed E-state index contributed by atoms with van der Waals surface area (Å²) in [5, 5.41) is 14.8. The predicted octanol–water partition coefficient (Wildman–Crippen LogP) is 1.19. The van der Waals surface area contributed by atoms with Crippen LogP contribution in [0.2, 0.25) is 0 Å². The second kappa shape index (κ2) is 3.34. The molecule has 0 heterocycles. The molecule has 4 nitrogen and oxygen atoms in total. The molecule has 0 radical (unpaired) electrons. The Labute approximate surface area is 83.9 Å². The molecule has 5 heteroatoms. The van der Waals surface area contributed by atoms with Gasteiger partial charge in [0, 0.05) is 0 Å². The lowest BCUT2D eigenvalue weighted by Crippen LogP contribution is -2.16. The Bertz CT molecular complexity index is 415. The number of nitrogens with one attached hydrogen (secondary N) is 1. The largest absolute Gasteiger partial charge is 0.386 e. The molecule has 0 aromatic heterocycles. The summed E-state index contributed by atoms with van der Waals surface area (Å²) in [6, 6.07) is 6.25. The Kier molecular flexibility index (Phi) is 2.67. The first-order chi connectivity index (χ1) is 6.21. The van der Waals surface area contributed by atoms with Gasteiger partial charge in [0.1, 0.15) is 9.92 Å². The fourth-order valence-electron chi connectivity index (χ4n) is 1.06. The third kappa shape index (κ3) is 2.54. The van der Waals surface area contributed by atoms with E-state index in [4.69, 9.17) is 9.92 Å². The minimum atomic E-state index is -3.15. The standard InChI is InChI=1S/C9H14N2O2S/c1-9(2,12)7-3-5-8(6-4-7)14(10,11)13/h3-6,12H,1-2H3,(H3,10,11,13). The van der Waals surface area contributed by atoms with Crippen LogP contribution in [0.1, 0.15) is 19.4 Å². The molecule has 0 saturated carbocycles. The summed E-state index contributed by atoms with van der Waals surface area (Å²) in [6.07, 6.45) is 0. The van der Waals surface area contributed by atoms with E-state index in [1.165, 1.54) is 12.1 Å². The van der Waals surface area contributed by atoms with Crippen LogP contribution in [0.5, 0.6) is 0 Å². The third-order valence-electron chi connectivity index (χ3n) is 1.91. The van der Waals surface area contributed by atoms with Gasteiger partial charge in [0.15, 0.2) is 0 Å². The van der Waals surface area contributed by atoms with Crippen LogP contribution in [-0.2, 0) is 15.5 Å². The number of hydrogen-bond acceptors (Lipinski definition) is 3. The predicted molar refractivity (Wildman–Crippen MR) is 55.0 cm³/mol. The SMILES string of the molecule is CC(C)(O)c1ccc(S(=N)(N)=O)cc1. The van der Waals surface area contributed by atoms with E-state index in [0.29, 0.717) is 5.56 Å². The Morgan fingerprint density at radius 2 is 1.79 bits per heavy atom. The van der Waals surface area contributed by atoms with Gasteiger partial charge in [0.2, 0.25) is 0 Å². The molecular formula is C9H14N2O2S. The Balaban J connectivity index is 3.14. The lowest BCUT2D eigenvalue weighted by molar-refractivity contribution is 0.0785. The maximum Gasteiger partial charge on any atom is 0.132 e. The van der Waals surface area contributed by atoms with Crippen LogP contribution in [0.25, 0.3) is 0 Å². The van der Waals surface area contributed by atoms with Crippen LogP contribution in [0.4, 0.5) is 0 Å². The van der Waals surface area contributed by atoms with E-state index in [1.54, 1.807) is 26.0 Å². The molecule has 14 heavy (non-hydrogen) atoms. The highest BCUT2D eigenvalue weighted by Crippen LogP contribution is 2.20. The smallest absolute Gasteiger partial charge is 0.132 e. The molecule has 0 amide bonds. The summed E-state index contributed by atoms with van der Waals surface area (Å²) in [4.78, 5) is 0.269. The van der Waals surface area contributed by atoms with Gasteiger partial charge < -0.3 is 5.11 Å². The molecule has 0 bridgehead atoms. The van der Waals surface area contributed by atoms with Crippen molar-refractivity contribution in [2.24, 2.45) is 5.14 Å². The van der Waals surface area contributed by atoms with Crippen molar-refractivity contribution in [1.29, 1.82) is 4.78 Å². The van der Waals surface area contributed by atoms with Crippen molar-refractivity contribution in [3.05, 3.63) is 29.8 Å². The second-order valence-corrected chi connectivity index (χ2v) is 5.36. The molecule has 1 unspecified atom stereocenters. The zero-order valence-corrected chi connectivity index (χ0v) is 8.97. The number of hydrogen-bond donors (Lipinski definition) is 3. The third-order valence-corrected chi connectivity index (χ3v) is 2.88. The zero-order valence-electron chi connectivity index (χ0n) is 8.15. The van der Waals surface area contributed by atoms with Crippen LogP contribution in [0, 0.1) is 4.78 Å². The number of rotatable bonds is 2. The number of aliphatic hydroxyl groups is 1. The molecule has 0 aliphatic rings. The van der Waals surface area contributed by atoms with Crippen LogP contribution >= 0.6 is 0 Å². The molecule has 1 aromatic rings. The average molecular weight is 214 g/mol. The summed E-state index contributed by atoms with van der Waals surface area (Å²) in [5.41, 5.74) is -0.236. The molecule has 0 aliphatic heterocycles. The maximum absolute atomic E-state index is 11.1. The normalized spacial score (nSPS) is 16.3. The van der Waals surface area contributed by atoms with Gasteiger partial charge in [-0.25, -0.2) is 14.1 Å². The van der Waals surface area contributed by atoms with E-state index >= 15 is 0 Å². The molecule has 0 aliphatic carbocycles. The van der Waals surface area contributed by atoms with Crippen molar-refractivity contribution in [2.75, 3.05) is 0 Å². The summed E-state index contributed by atoms with van der Waals surface area (Å²) >= 11 is 0. The average Bonchev–Trinajstić information content (AvgIpc) is 2.01. The molecule has 4 N–H and O–H groups in total. The van der Waals surface area contributed by atoms with Crippen LogP contribution in [0.15, 0.2) is 29.2 Å². The van der Waals surface area contributed by atoms with Crippen molar-refractivity contribution in [3.8, 4) is 0 Å². The quantitative estimate of drug-likeness (QED) is 0.690. The summed E-state index contributed by atoms with van der Waals surface area (Å²) in [6.45, 7) is 3.31. The minimum absolute atomic E-state index is 0.269. The number of nitrogens with two attached hydrogens (primary N) is 1. The molecule has 0 saturated heterocycles. The van der Waals surface area contributed by atoms with E-state index in [1.807, 2.05) is 0 Å². The number of benzene rings is 1. The van der Waals surface area contributed by atoms with Gasteiger partial charge in [-0.2, -0.15) is 0 Å². The first kappa shape index (κ1) is 11.2. The van der Waals surface area contributed by atoms with E-state index in [2.05, 4.69) is 0 Å². The molecule has 78 valence electrons. The molecular weight excluding hydrogens is 200 g/mol. The molecule has 0 spiro atoms. The molecule has 1 rings (SSSR count). The Morgan fingerprint density at radius 3 is 2.07 bits per heavy atom. The van der Waals surface area contributed by atoms with Crippen LogP contribution in [-0.4, -0.2) is 9.32 Å². The van der Waals surface area contributed by atoms with Crippen molar-refractivity contribution in [1.82, 2.24) is 0 Å². The van der Waals surface area contributed by atoms with Crippen molar-refractivity contribution >= 4 is 9.92 Å². The van der Waals surface area contributed by atoms with Gasteiger partial charge in [-0.3, -0.25) is 0 Å². The van der Waals surface area contributed by atoms with Crippen LogP contribution < -0.4 is 5.14 Å². The highest BCUT2D eigenvalue weighted by atomic mass is 32.2. The fourth-order valence-corrected chi connectivity index (χ4v) is 1.61. The summed E-state index contributed by atoms with van der Waals surface area (Å²) < 4.78 is 18.3. The van der Waals surface area contributed by atoms with Crippen molar-refractivity contribution in [3.63, 3.8) is 0 Å². The van der Waals surface area contributed by atoms with Crippen LogP contribution in [0.3, 0.4) is 0 Å². The highest BCUT2D eigenvalue weighted by Gasteiger charge is 2.15. The Morgan fingerprint density at radius 1 is 1.36 bits per heavy atom. The van der Waals surface area contributed by atoms with Gasteiger partial charge in [0.25, 0.3) is 0 Å². The zero-order chi connectivity index (χ0) is 11.0. The minimum Gasteiger partial charge on any atom is -0.386 e. The highest BCUT2D eigenvalue weighted by molar-refractivity contribution is 7.90. The van der Waals surface area contributed by atoms with Gasteiger partial charge in [-0.1, -0.05) is 12.1 Å². The summed E-state index contributed by atoms with van der Waals surface area (Å²) in [7, 11) is -3.15. The van der Waals surface area contributed by atoms with Gasteiger partial charge >= 0.3 is 0 Å². The molecule has 1 aromatic carbocycles. The fraction of sp³-hybridized carbons (Fsp3) is 0.333. The lowest BCUT2D eigenvalue weighted by atomic mass is 9.99.